The second-order valence-electron chi connectivity index (χ2n) is 10.5. The fourth-order valence-electron chi connectivity index (χ4n) is 0. The zero-order valence-electron chi connectivity index (χ0n) is 16.0. The van der Waals surface area contributed by atoms with Crippen LogP contribution < -0.4 is 0 Å². The highest BCUT2D eigenvalue weighted by atomic mass is 14.3. The molecule has 0 aliphatic carbocycles. The summed E-state index contributed by atoms with van der Waals surface area (Å²) in [5.74, 6) is 0. The molecule has 0 fully saturated rings. The minimum absolute atomic E-state index is 0. The van der Waals surface area contributed by atoms with Crippen molar-refractivity contribution in [1.29, 1.82) is 0 Å². The Morgan fingerprint density at radius 3 is 0.350 bits per heavy atom. The largest absolute Gasteiger partial charge is 0.0776 e. The molecule has 0 aliphatic rings. The minimum Gasteiger partial charge on any atom is -0.0776 e. The third-order valence-electron chi connectivity index (χ3n) is 2.25. The molecule has 0 heterocycles. The van der Waals surface area contributed by atoms with Gasteiger partial charge in [-0.05, 0) is 21.7 Å². The molecule has 0 bridgehead atoms. The molecule has 0 amide bonds. The smallest absolute Gasteiger partial charge is 0.0334 e. The molecule has 20 heavy (non-hydrogen) atoms. The summed E-state index contributed by atoms with van der Waals surface area (Å²) in [6.07, 6.45) is 0. The third-order valence-corrected chi connectivity index (χ3v) is 2.25. The van der Waals surface area contributed by atoms with Gasteiger partial charge in [0.15, 0.2) is 0 Å². The first-order valence-corrected chi connectivity index (χ1v) is 7.25. The first-order chi connectivity index (χ1) is 7.25. The van der Waals surface area contributed by atoms with Gasteiger partial charge in [0.05, 0.1) is 0 Å². The first-order valence-electron chi connectivity index (χ1n) is 7.25. The molecule has 0 aromatic rings. The predicted octanol–water partition coefficient (Wildman–Crippen LogP) is 8.46. The van der Waals surface area contributed by atoms with Gasteiger partial charge >= 0.3 is 0 Å². The maximum atomic E-state index is 2.27. The molecule has 0 nitrogen and oxygen atoms in total. The van der Waals surface area contributed by atoms with Crippen LogP contribution in [0.2, 0.25) is 0 Å². The summed E-state index contributed by atoms with van der Waals surface area (Å²) in [5, 5.41) is 0. The van der Waals surface area contributed by atoms with E-state index in [1.165, 1.54) is 0 Å². The van der Waals surface area contributed by atoms with Crippen LogP contribution in [-0.2, 0) is 0 Å². The molecular weight excluding hydrogens is 240 g/mol. The van der Waals surface area contributed by atoms with E-state index >= 15 is 0 Å². The molecule has 0 unspecified atom stereocenters. The van der Waals surface area contributed by atoms with Crippen LogP contribution in [-0.4, -0.2) is 0 Å². The Labute approximate surface area is 134 Å². The average molecular weight is 291 g/mol. The van der Waals surface area contributed by atoms with E-state index in [9.17, 15) is 0 Å². The number of rotatable bonds is 0. The van der Waals surface area contributed by atoms with Gasteiger partial charge in [-0.2, -0.15) is 0 Å². The molecule has 0 rings (SSSR count). The summed E-state index contributed by atoms with van der Waals surface area (Å²) >= 11 is 0. The zero-order chi connectivity index (χ0) is 16.0. The van der Waals surface area contributed by atoms with Crippen molar-refractivity contribution < 1.29 is 0 Å². The summed E-state index contributed by atoms with van der Waals surface area (Å²) in [7, 11) is 0. The van der Waals surface area contributed by atoms with Gasteiger partial charge in [0.2, 0.25) is 0 Å². The maximum absolute atomic E-state index is 2.27. The fourth-order valence-corrected chi connectivity index (χ4v) is 0. The fraction of sp³-hybridized carbons (Fsp3) is 1.00. The standard InChI is InChI=1S/C8H18.2C5H12.2CH4/c1-7(2,3)8(4,5)6;2*1-5(2,3)4;;/h1-6H3;2*1-4H3;2*1H4. The van der Waals surface area contributed by atoms with Gasteiger partial charge in [-0.1, -0.05) is 112 Å². The van der Waals surface area contributed by atoms with Gasteiger partial charge in [0.1, 0.15) is 0 Å². The van der Waals surface area contributed by atoms with Crippen LogP contribution in [0.15, 0.2) is 0 Å². The molecular formula is C20H50. The van der Waals surface area contributed by atoms with Crippen molar-refractivity contribution in [3.63, 3.8) is 0 Å². The Bertz CT molecular complexity index is 146. The van der Waals surface area contributed by atoms with E-state index in [2.05, 4.69) is 96.9 Å². The van der Waals surface area contributed by atoms with Crippen LogP contribution in [0.1, 0.15) is 112 Å². The minimum atomic E-state index is 0. The molecule has 130 valence electrons. The molecule has 0 atom stereocenters. The van der Waals surface area contributed by atoms with Gasteiger partial charge in [-0.25, -0.2) is 0 Å². The summed E-state index contributed by atoms with van der Waals surface area (Å²) in [6.45, 7) is 31.1. The second-order valence-corrected chi connectivity index (χ2v) is 10.5. The van der Waals surface area contributed by atoms with E-state index in [0.29, 0.717) is 21.7 Å². The lowest BCUT2D eigenvalue weighted by molar-refractivity contribution is 0.157. The SMILES string of the molecule is C.C.CC(C)(C)C.CC(C)(C)C.CC(C)(C)C(C)(C)C. The highest BCUT2D eigenvalue weighted by Gasteiger charge is 2.26. The van der Waals surface area contributed by atoms with E-state index in [1.807, 2.05) is 0 Å². The Morgan fingerprint density at radius 2 is 0.350 bits per heavy atom. The van der Waals surface area contributed by atoms with Crippen molar-refractivity contribution in [2.75, 3.05) is 0 Å². The average Bonchev–Trinajstić information content (AvgIpc) is 1.70. The monoisotopic (exact) mass is 290 g/mol. The van der Waals surface area contributed by atoms with E-state index in [4.69, 9.17) is 0 Å². The van der Waals surface area contributed by atoms with Crippen molar-refractivity contribution in [3.8, 4) is 0 Å². The summed E-state index contributed by atoms with van der Waals surface area (Å²) in [4.78, 5) is 0. The first kappa shape index (κ1) is 32.1. The van der Waals surface area contributed by atoms with Crippen LogP contribution >= 0.6 is 0 Å². The highest BCUT2D eigenvalue weighted by molar-refractivity contribution is 4.77. The van der Waals surface area contributed by atoms with Gasteiger partial charge in [-0.3, -0.25) is 0 Å². The van der Waals surface area contributed by atoms with Crippen LogP contribution in [0, 0.1) is 21.7 Å². The van der Waals surface area contributed by atoms with Crippen molar-refractivity contribution >= 4 is 0 Å². The number of hydrogen-bond donors (Lipinski definition) is 0. The molecule has 0 N–H and O–H groups in total. The maximum Gasteiger partial charge on any atom is -0.0334 e. The van der Waals surface area contributed by atoms with Crippen molar-refractivity contribution in [2.24, 2.45) is 21.7 Å². The molecule has 0 aliphatic heterocycles. The highest BCUT2D eigenvalue weighted by Crippen LogP contribution is 2.36. The van der Waals surface area contributed by atoms with Crippen LogP contribution in [0.5, 0.6) is 0 Å². The molecule has 0 radical (unpaired) electrons. The zero-order valence-corrected chi connectivity index (χ0v) is 16.0. The lowest BCUT2D eigenvalue weighted by Crippen LogP contribution is -2.25. The van der Waals surface area contributed by atoms with Crippen LogP contribution in [0.4, 0.5) is 0 Å². The van der Waals surface area contributed by atoms with Gasteiger partial charge < -0.3 is 0 Å². The van der Waals surface area contributed by atoms with E-state index in [1.54, 1.807) is 0 Å². The van der Waals surface area contributed by atoms with Gasteiger partial charge in [0, 0.05) is 0 Å². The Kier molecular flexibility index (Phi) is 17.1. The summed E-state index contributed by atoms with van der Waals surface area (Å²) in [5.41, 5.74) is 1.88. The molecule has 0 aromatic heterocycles. The van der Waals surface area contributed by atoms with Gasteiger partial charge in [0.25, 0.3) is 0 Å². The molecule has 0 saturated carbocycles. The molecule has 0 heteroatoms. The Hall–Kier alpha value is 0. The third kappa shape index (κ3) is 64.2. The topological polar surface area (TPSA) is 0 Å². The van der Waals surface area contributed by atoms with Crippen molar-refractivity contribution in [1.82, 2.24) is 0 Å². The quantitative estimate of drug-likeness (QED) is 0.419. The van der Waals surface area contributed by atoms with Crippen molar-refractivity contribution in [3.05, 3.63) is 0 Å². The molecule has 0 spiro atoms. The summed E-state index contributed by atoms with van der Waals surface area (Å²) in [6, 6.07) is 0. The predicted molar refractivity (Wildman–Crippen MR) is 103 cm³/mol. The number of hydrogen-bond acceptors (Lipinski definition) is 0. The van der Waals surface area contributed by atoms with E-state index in [0.717, 1.165) is 0 Å². The second kappa shape index (κ2) is 10.7. The van der Waals surface area contributed by atoms with Crippen LogP contribution in [0.3, 0.4) is 0 Å². The van der Waals surface area contributed by atoms with E-state index in [-0.39, 0.29) is 14.9 Å². The molecule has 0 saturated heterocycles. The normalized spacial score (nSPS) is 11.7. The van der Waals surface area contributed by atoms with Crippen LogP contribution in [0.25, 0.3) is 0 Å². The lowest BCUT2D eigenvalue weighted by atomic mass is 9.71. The summed E-state index contributed by atoms with van der Waals surface area (Å²) < 4.78 is 0. The Morgan fingerprint density at radius 1 is 0.300 bits per heavy atom. The molecule has 0 aromatic carbocycles. The Balaban J connectivity index is -0.0000000558. The van der Waals surface area contributed by atoms with Gasteiger partial charge in [-0.15, -0.1) is 0 Å². The van der Waals surface area contributed by atoms with E-state index < -0.39 is 0 Å². The lowest BCUT2D eigenvalue weighted by Gasteiger charge is -2.34. The van der Waals surface area contributed by atoms with Crippen molar-refractivity contribution in [2.45, 2.75) is 112 Å².